The van der Waals surface area contributed by atoms with E-state index in [1.165, 1.54) is 0 Å². The predicted octanol–water partition coefficient (Wildman–Crippen LogP) is 2.66. The van der Waals surface area contributed by atoms with E-state index < -0.39 is 0 Å². The van der Waals surface area contributed by atoms with E-state index in [1.807, 2.05) is 66.4 Å². The summed E-state index contributed by atoms with van der Waals surface area (Å²) in [6.45, 7) is 2.87. The molecule has 6 nitrogen and oxygen atoms in total. The zero-order valence-electron chi connectivity index (χ0n) is 15.7. The van der Waals surface area contributed by atoms with Gasteiger partial charge in [0, 0.05) is 51.9 Å². The Hall–Kier alpha value is -3.15. The first-order chi connectivity index (χ1) is 13.1. The van der Waals surface area contributed by atoms with Gasteiger partial charge in [0.05, 0.1) is 11.9 Å². The molecule has 2 aromatic carbocycles. The molecule has 4 rings (SSSR count). The fourth-order valence-electron chi connectivity index (χ4n) is 3.39. The van der Waals surface area contributed by atoms with Gasteiger partial charge in [-0.25, -0.2) is 0 Å². The minimum absolute atomic E-state index is 0.0912. The van der Waals surface area contributed by atoms with Gasteiger partial charge < -0.3 is 14.7 Å². The van der Waals surface area contributed by atoms with E-state index >= 15 is 0 Å². The summed E-state index contributed by atoms with van der Waals surface area (Å²) in [5.41, 5.74) is 1.77. The summed E-state index contributed by atoms with van der Waals surface area (Å²) in [7, 11) is 3.97. The van der Waals surface area contributed by atoms with Crippen molar-refractivity contribution in [1.29, 1.82) is 0 Å². The van der Waals surface area contributed by atoms with Crippen molar-refractivity contribution in [2.45, 2.75) is 0 Å². The Kier molecular flexibility index (Phi) is 4.62. The Morgan fingerprint density at radius 2 is 1.70 bits per heavy atom. The van der Waals surface area contributed by atoms with Crippen molar-refractivity contribution in [3.8, 4) is 0 Å². The standard InChI is InChI=1S/C21H23N5O/c1-24(2)19-14-20(23-22-15-19)25-9-11-26(12-10-25)21(27)18-8-7-16-5-3-4-6-17(16)13-18/h3-8,13-15H,9-12H2,1-2H3. The van der Waals surface area contributed by atoms with E-state index in [9.17, 15) is 4.79 Å². The molecule has 0 unspecified atom stereocenters. The van der Waals surface area contributed by atoms with E-state index in [-0.39, 0.29) is 5.91 Å². The van der Waals surface area contributed by atoms with Crippen LogP contribution in [0.5, 0.6) is 0 Å². The molecule has 0 spiro atoms. The third-order valence-corrected chi connectivity index (χ3v) is 5.03. The lowest BCUT2D eigenvalue weighted by molar-refractivity contribution is 0.0746. The van der Waals surface area contributed by atoms with Gasteiger partial charge in [-0.05, 0) is 22.9 Å². The van der Waals surface area contributed by atoms with Gasteiger partial charge in [-0.15, -0.1) is 5.10 Å². The van der Waals surface area contributed by atoms with Gasteiger partial charge >= 0.3 is 0 Å². The maximum atomic E-state index is 12.9. The number of benzene rings is 2. The molecular formula is C21H23N5O. The van der Waals surface area contributed by atoms with E-state index in [0.29, 0.717) is 13.1 Å². The third-order valence-electron chi connectivity index (χ3n) is 5.03. The highest BCUT2D eigenvalue weighted by molar-refractivity contribution is 5.98. The molecule has 1 aromatic heterocycles. The lowest BCUT2D eigenvalue weighted by Crippen LogP contribution is -2.49. The largest absolute Gasteiger partial charge is 0.376 e. The van der Waals surface area contributed by atoms with Crippen LogP contribution in [0.2, 0.25) is 0 Å². The number of anilines is 2. The van der Waals surface area contributed by atoms with E-state index in [2.05, 4.69) is 21.2 Å². The molecule has 3 aromatic rings. The van der Waals surface area contributed by atoms with Crippen LogP contribution in [0.1, 0.15) is 10.4 Å². The molecular weight excluding hydrogens is 338 g/mol. The smallest absolute Gasteiger partial charge is 0.253 e. The highest BCUT2D eigenvalue weighted by Gasteiger charge is 2.23. The number of aromatic nitrogens is 2. The fraction of sp³-hybridized carbons (Fsp3) is 0.286. The Morgan fingerprint density at radius 3 is 2.44 bits per heavy atom. The van der Waals surface area contributed by atoms with E-state index in [1.54, 1.807) is 6.20 Å². The van der Waals surface area contributed by atoms with Crippen molar-refractivity contribution in [1.82, 2.24) is 15.1 Å². The first kappa shape index (κ1) is 17.3. The molecule has 6 heteroatoms. The number of hydrogen-bond donors (Lipinski definition) is 0. The van der Waals surface area contributed by atoms with Crippen LogP contribution >= 0.6 is 0 Å². The topological polar surface area (TPSA) is 52.6 Å². The fourth-order valence-corrected chi connectivity index (χ4v) is 3.39. The molecule has 2 heterocycles. The zero-order valence-corrected chi connectivity index (χ0v) is 15.7. The third kappa shape index (κ3) is 3.56. The Bertz CT molecular complexity index is 963. The molecule has 1 fully saturated rings. The molecule has 0 radical (unpaired) electrons. The maximum absolute atomic E-state index is 12.9. The first-order valence-corrected chi connectivity index (χ1v) is 9.15. The predicted molar refractivity (Wildman–Crippen MR) is 108 cm³/mol. The summed E-state index contributed by atoms with van der Waals surface area (Å²) in [6, 6.07) is 16.1. The normalized spacial score (nSPS) is 14.4. The number of nitrogens with zero attached hydrogens (tertiary/aromatic N) is 5. The van der Waals surface area contributed by atoms with Crippen molar-refractivity contribution < 1.29 is 4.79 Å². The van der Waals surface area contributed by atoms with E-state index in [0.717, 1.165) is 40.9 Å². The quantitative estimate of drug-likeness (QED) is 0.718. The van der Waals surface area contributed by atoms with Crippen molar-refractivity contribution in [3.63, 3.8) is 0 Å². The van der Waals surface area contributed by atoms with Gasteiger partial charge in [0.1, 0.15) is 0 Å². The highest BCUT2D eigenvalue weighted by Crippen LogP contribution is 2.20. The molecule has 1 aliphatic rings. The second-order valence-electron chi connectivity index (χ2n) is 7.01. The minimum atomic E-state index is 0.0912. The summed E-state index contributed by atoms with van der Waals surface area (Å²) >= 11 is 0. The summed E-state index contributed by atoms with van der Waals surface area (Å²) in [4.78, 5) is 19.0. The molecule has 0 bridgehead atoms. The monoisotopic (exact) mass is 361 g/mol. The van der Waals surface area contributed by atoms with Crippen LogP contribution in [0.15, 0.2) is 54.7 Å². The number of piperazine rings is 1. The van der Waals surface area contributed by atoms with Gasteiger partial charge in [0.2, 0.25) is 0 Å². The van der Waals surface area contributed by atoms with Gasteiger partial charge in [-0.3, -0.25) is 4.79 Å². The van der Waals surface area contributed by atoms with Crippen molar-refractivity contribution in [3.05, 3.63) is 60.3 Å². The average molecular weight is 361 g/mol. The molecule has 138 valence electrons. The molecule has 27 heavy (non-hydrogen) atoms. The number of rotatable bonds is 3. The highest BCUT2D eigenvalue weighted by atomic mass is 16.2. The zero-order chi connectivity index (χ0) is 18.8. The molecule has 1 amide bonds. The lowest BCUT2D eigenvalue weighted by Gasteiger charge is -2.35. The number of carbonyl (C=O) groups excluding carboxylic acids is 1. The Morgan fingerprint density at radius 1 is 0.963 bits per heavy atom. The Balaban J connectivity index is 1.45. The van der Waals surface area contributed by atoms with Crippen LogP contribution in [0, 0.1) is 0 Å². The maximum Gasteiger partial charge on any atom is 0.253 e. The van der Waals surface area contributed by atoms with Gasteiger partial charge in [-0.1, -0.05) is 30.3 Å². The number of carbonyl (C=O) groups is 1. The number of hydrogen-bond acceptors (Lipinski definition) is 5. The molecule has 0 saturated carbocycles. The molecule has 0 N–H and O–H groups in total. The minimum Gasteiger partial charge on any atom is -0.376 e. The van der Waals surface area contributed by atoms with Crippen molar-refractivity contribution >= 4 is 28.2 Å². The molecule has 1 saturated heterocycles. The van der Waals surface area contributed by atoms with Crippen molar-refractivity contribution in [2.75, 3.05) is 50.1 Å². The van der Waals surface area contributed by atoms with Gasteiger partial charge in [0.25, 0.3) is 5.91 Å². The summed E-state index contributed by atoms with van der Waals surface area (Å²) in [6.07, 6.45) is 1.75. The second-order valence-corrected chi connectivity index (χ2v) is 7.01. The number of amides is 1. The summed E-state index contributed by atoms with van der Waals surface area (Å²) < 4.78 is 0. The first-order valence-electron chi connectivity index (χ1n) is 9.15. The van der Waals surface area contributed by atoms with Crippen LogP contribution < -0.4 is 9.80 Å². The Labute approximate surface area is 159 Å². The van der Waals surface area contributed by atoms with Gasteiger partial charge in [-0.2, -0.15) is 5.10 Å². The number of fused-ring (bicyclic) bond motifs is 1. The van der Waals surface area contributed by atoms with Crippen molar-refractivity contribution in [2.24, 2.45) is 0 Å². The molecule has 1 aliphatic heterocycles. The average Bonchev–Trinajstić information content (AvgIpc) is 2.73. The van der Waals surface area contributed by atoms with Crippen LogP contribution in [-0.4, -0.2) is 61.3 Å². The summed E-state index contributed by atoms with van der Waals surface area (Å²) in [5, 5.41) is 10.6. The van der Waals surface area contributed by atoms with Gasteiger partial charge in [0.15, 0.2) is 5.82 Å². The SMILES string of the molecule is CN(C)c1cnnc(N2CCN(C(=O)c3ccc4ccccc4c3)CC2)c1. The summed E-state index contributed by atoms with van der Waals surface area (Å²) in [5.74, 6) is 0.951. The van der Waals surface area contributed by atoms with E-state index in [4.69, 9.17) is 0 Å². The van der Waals surface area contributed by atoms with Crippen LogP contribution in [0.25, 0.3) is 10.8 Å². The van der Waals surface area contributed by atoms with Crippen LogP contribution in [-0.2, 0) is 0 Å². The second kappa shape index (κ2) is 7.23. The van der Waals surface area contributed by atoms with Crippen LogP contribution in [0.3, 0.4) is 0 Å². The molecule has 0 atom stereocenters. The lowest BCUT2D eigenvalue weighted by atomic mass is 10.1. The van der Waals surface area contributed by atoms with Crippen LogP contribution in [0.4, 0.5) is 11.5 Å². The molecule has 0 aliphatic carbocycles.